The second-order valence-corrected chi connectivity index (χ2v) is 6.58. The summed E-state index contributed by atoms with van der Waals surface area (Å²) in [5, 5.41) is 3.21. The number of nitrogens with one attached hydrogen (secondary N) is 1. The molecule has 4 nitrogen and oxygen atoms in total. The van der Waals surface area contributed by atoms with E-state index in [1.165, 1.54) is 56.9 Å². The van der Waals surface area contributed by atoms with E-state index in [-0.39, 0.29) is 12.4 Å². The van der Waals surface area contributed by atoms with E-state index in [2.05, 4.69) is 29.4 Å². The van der Waals surface area contributed by atoms with Gasteiger partial charge in [0.05, 0.1) is 0 Å². The van der Waals surface area contributed by atoms with Gasteiger partial charge in [0, 0.05) is 6.54 Å². The minimum absolute atomic E-state index is 0. The number of halogens is 1. The number of fused-ring (bicyclic) bond motifs is 1. The SMILES string of the molecule is CCCCCCCCCCc1cccc2nc(NCCCN)oc12.Cl. The molecule has 142 valence electrons. The van der Waals surface area contributed by atoms with E-state index < -0.39 is 0 Å². The van der Waals surface area contributed by atoms with Gasteiger partial charge in [-0.25, -0.2) is 0 Å². The molecule has 1 heterocycles. The number of unbranched alkanes of at least 4 members (excludes halogenated alkanes) is 7. The molecule has 0 bridgehead atoms. The van der Waals surface area contributed by atoms with E-state index in [0.717, 1.165) is 30.5 Å². The van der Waals surface area contributed by atoms with Gasteiger partial charge in [-0.15, -0.1) is 12.4 Å². The second kappa shape index (κ2) is 13.0. The van der Waals surface area contributed by atoms with Gasteiger partial charge in [-0.3, -0.25) is 0 Å². The lowest BCUT2D eigenvalue weighted by Crippen LogP contribution is -2.08. The van der Waals surface area contributed by atoms with Crippen LogP contribution >= 0.6 is 12.4 Å². The fourth-order valence-electron chi connectivity index (χ4n) is 3.03. The third-order valence-corrected chi connectivity index (χ3v) is 4.45. The van der Waals surface area contributed by atoms with Crippen molar-refractivity contribution in [3.8, 4) is 0 Å². The second-order valence-electron chi connectivity index (χ2n) is 6.58. The molecular formula is C20H34ClN3O. The van der Waals surface area contributed by atoms with Crippen LogP contribution in [-0.2, 0) is 6.42 Å². The van der Waals surface area contributed by atoms with Crippen LogP contribution in [0.25, 0.3) is 11.1 Å². The Labute approximate surface area is 158 Å². The summed E-state index contributed by atoms with van der Waals surface area (Å²) < 4.78 is 5.91. The van der Waals surface area contributed by atoms with E-state index >= 15 is 0 Å². The highest BCUT2D eigenvalue weighted by Crippen LogP contribution is 2.24. The van der Waals surface area contributed by atoms with Crippen molar-refractivity contribution in [1.82, 2.24) is 4.98 Å². The molecule has 0 aliphatic heterocycles. The highest BCUT2D eigenvalue weighted by atomic mass is 35.5. The number of aryl methyl sites for hydroxylation is 1. The zero-order valence-electron chi connectivity index (χ0n) is 15.6. The number of hydrogen-bond acceptors (Lipinski definition) is 4. The topological polar surface area (TPSA) is 64.1 Å². The maximum absolute atomic E-state index is 5.91. The Bertz CT molecular complexity index is 585. The van der Waals surface area contributed by atoms with Gasteiger partial charge in [-0.05, 0) is 37.4 Å². The summed E-state index contributed by atoms with van der Waals surface area (Å²) in [6.45, 7) is 3.75. The van der Waals surface area contributed by atoms with Gasteiger partial charge in [-0.1, -0.05) is 64.0 Å². The normalized spacial score (nSPS) is 10.8. The number of rotatable bonds is 13. The quantitative estimate of drug-likeness (QED) is 0.446. The maximum Gasteiger partial charge on any atom is 0.295 e. The summed E-state index contributed by atoms with van der Waals surface area (Å²) >= 11 is 0. The molecule has 3 N–H and O–H groups in total. The first-order valence-electron chi connectivity index (χ1n) is 9.67. The molecule has 5 heteroatoms. The predicted octanol–water partition coefficient (Wildman–Crippen LogP) is 5.69. The molecule has 0 amide bonds. The Morgan fingerprint density at radius 1 is 1.00 bits per heavy atom. The van der Waals surface area contributed by atoms with Gasteiger partial charge in [0.1, 0.15) is 5.52 Å². The van der Waals surface area contributed by atoms with Crippen LogP contribution in [0.1, 0.15) is 70.3 Å². The summed E-state index contributed by atoms with van der Waals surface area (Å²) in [4.78, 5) is 4.51. The minimum Gasteiger partial charge on any atom is -0.423 e. The van der Waals surface area contributed by atoms with Crippen molar-refractivity contribution in [3.05, 3.63) is 23.8 Å². The zero-order chi connectivity index (χ0) is 17.0. The third kappa shape index (κ3) is 7.66. The van der Waals surface area contributed by atoms with Crippen molar-refractivity contribution in [2.45, 2.75) is 71.1 Å². The molecule has 1 aromatic heterocycles. The van der Waals surface area contributed by atoms with Gasteiger partial charge in [0.2, 0.25) is 0 Å². The first kappa shape index (κ1) is 21.8. The van der Waals surface area contributed by atoms with E-state index in [1.807, 2.05) is 6.07 Å². The fraction of sp³-hybridized carbons (Fsp3) is 0.650. The zero-order valence-corrected chi connectivity index (χ0v) is 16.4. The summed E-state index contributed by atoms with van der Waals surface area (Å²) in [6, 6.07) is 6.87. The predicted molar refractivity (Wildman–Crippen MR) is 110 cm³/mol. The molecule has 2 aromatic rings. The molecule has 25 heavy (non-hydrogen) atoms. The molecular weight excluding hydrogens is 334 g/mol. The molecule has 0 saturated carbocycles. The molecule has 0 atom stereocenters. The van der Waals surface area contributed by atoms with Crippen molar-refractivity contribution in [2.24, 2.45) is 5.73 Å². The van der Waals surface area contributed by atoms with Crippen LogP contribution in [-0.4, -0.2) is 18.1 Å². The molecule has 2 rings (SSSR count). The molecule has 0 unspecified atom stereocenters. The van der Waals surface area contributed by atoms with Gasteiger partial charge in [0.25, 0.3) is 6.01 Å². The largest absolute Gasteiger partial charge is 0.423 e. The van der Waals surface area contributed by atoms with Crippen LogP contribution in [0, 0.1) is 0 Å². The van der Waals surface area contributed by atoms with Gasteiger partial charge >= 0.3 is 0 Å². The number of aromatic nitrogens is 1. The lowest BCUT2D eigenvalue weighted by Gasteiger charge is -2.03. The first-order chi connectivity index (χ1) is 11.8. The number of para-hydroxylation sites is 1. The summed E-state index contributed by atoms with van der Waals surface area (Å²) in [5.74, 6) is 0. The average molecular weight is 368 g/mol. The highest BCUT2D eigenvalue weighted by molar-refractivity contribution is 5.85. The van der Waals surface area contributed by atoms with Crippen molar-refractivity contribution >= 4 is 29.5 Å². The Kier molecular flexibility index (Phi) is 11.3. The van der Waals surface area contributed by atoms with E-state index in [4.69, 9.17) is 10.2 Å². The van der Waals surface area contributed by atoms with Crippen LogP contribution < -0.4 is 11.1 Å². The molecule has 0 saturated heterocycles. The van der Waals surface area contributed by atoms with Crippen molar-refractivity contribution in [2.75, 3.05) is 18.4 Å². The third-order valence-electron chi connectivity index (χ3n) is 4.45. The van der Waals surface area contributed by atoms with E-state index in [0.29, 0.717) is 12.6 Å². The smallest absolute Gasteiger partial charge is 0.295 e. The highest BCUT2D eigenvalue weighted by Gasteiger charge is 2.09. The molecule has 0 aliphatic carbocycles. The average Bonchev–Trinajstić information content (AvgIpc) is 3.01. The Morgan fingerprint density at radius 3 is 2.44 bits per heavy atom. The Morgan fingerprint density at radius 2 is 1.72 bits per heavy atom. The summed E-state index contributed by atoms with van der Waals surface area (Å²) in [7, 11) is 0. The van der Waals surface area contributed by atoms with Crippen molar-refractivity contribution < 1.29 is 4.42 Å². The Hall–Kier alpha value is -1.26. The van der Waals surface area contributed by atoms with E-state index in [9.17, 15) is 0 Å². The van der Waals surface area contributed by atoms with Gasteiger partial charge in [0.15, 0.2) is 5.58 Å². The summed E-state index contributed by atoms with van der Waals surface area (Å²) in [6.07, 6.45) is 12.7. The Balaban J connectivity index is 0.00000312. The minimum atomic E-state index is 0. The van der Waals surface area contributed by atoms with Gasteiger partial charge < -0.3 is 15.5 Å². The number of oxazole rings is 1. The number of nitrogens with two attached hydrogens (primary N) is 1. The molecule has 0 fully saturated rings. The van der Waals surface area contributed by atoms with Crippen molar-refractivity contribution in [1.29, 1.82) is 0 Å². The lowest BCUT2D eigenvalue weighted by atomic mass is 10.0. The van der Waals surface area contributed by atoms with Crippen molar-refractivity contribution in [3.63, 3.8) is 0 Å². The molecule has 1 aromatic carbocycles. The standard InChI is InChI=1S/C20H33N3O.ClH/c1-2-3-4-5-6-7-8-9-12-17-13-10-14-18-19(17)24-20(23-18)22-16-11-15-21;/h10,13-14H,2-9,11-12,15-16,21H2,1H3,(H,22,23);1H. The van der Waals surface area contributed by atoms with Gasteiger partial charge in [-0.2, -0.15) is 4.98 Å². The number of hydrogen-bond donors (Lipinski definition) is 2. The number of anilines is 1. The fourth-order valence-corrected chi connectivity index (χ4v) is 3.03. The summed E-state index contributed by atoms with van der Waals surface area (Å²) in [5.41, 5.74) is 8.68. The molecule has 0 spiro atoms. The van der Waals surface area contributed by atoms with Crippen LogP contribution in [0.3, 0.4) is 0 Å². The van der Waals surface area contributed by atoms with E-state index in [1.54, 1.807) is 0 Å². The number of nitrogens with zero attached hydrogens (tertiary/aromatic N) is 1. The van der Waals surface area contributed by atoms with Crippen LogP contribution in [0.2, 0.25) is 0 Å². The van der Waals surface area contributed by atoms with Crippen LogP contribution in [0.4, 0.5) is 6.01 Å². The number of benzene rings is 1. The maximum atomic E-state index is 5.91. The first-order valence-corrected chi connectivity index (χ1v) is 9.67. The monoisotopic (exact) mass is 367 g/mol. The van der Waals surface area contributed by atoms with Crippen LogP contribution in [0.5, 0.6) is 0 Å². The molecule has 0 radical (unpaired) electrons. The molecule has 0 aliphatic rings. The van der Waals surface area contributed by atoms with Crippen LogP contribution in [0.15, 0.2) is 22.6 Å². The lowest BCUT2D eigenvalue weighted by molar-refractivity contribution is 0.572.